The van der Waals surface area contributed by atoms with Gasteiger partial charge in [-0.05, 0) is 22.9 Å². The van der Waals surface area contributed by atoms with E-state index in [-0.39, 0.29) is 11.2 Å². The van der Waals surface area contributed by atoms with Crippen LogP contribution in [0.3, 0.4) is 0 Å². The van der Waals surface area contributed by atoms with Crippen molar-refractivity contribution in [1.82, 2.24) is 9.71 Å². The lowest BCUT2D eigenvalue weighted by Gasteiger charge is -2.06. The zero-order valence-corrected chi connectivity index (χ0v) is 14.3. The number of hydrogen-bond donors (Lipinski definition) is 3. The van der Waals surface area contributed by atoms with Crippen molar-refractivity contribution in [3.05, 3.63) is 30.5 Å². The van der Waals surface area contributed by atoms with Crippen molar-refractivity contribution in [2.75, 3.05) is 5.75 Å². The summed E-state index contributed by atoms with van der Waals surface area (Å²) >= 11 is 0. The van der Waals surface area contributed by atoms with Crippen LogP contribution in [0.2, 0.25) is 0 Å². The molecule has 0 saturated heterocycles. The highest BCUT2D eigenvalue weighted by molar-refractivity contribution is 8.76. The van der Waals surface area contributed by atoms with E-state index in [1.165, 1.54) is 21.6 Å². The van der Waals surface area contributed by atoms with E-state index in [0.717, 1.165) is 5.03 Å². The van der Waals surface area contributed by atoms with Crippen molar-refractivity contribution in [2.45, 2.75) is 16.3 Å². The van der Waals surface area contributed by atoms with E-state index in [9.17, 15) is 23.4 Å². The van der Waals surface area contributed by atoms with Gasteiger partial charge in [-0.25, -0.2) is 9.78 Å². The molecular formula is C12H12N2O7S3. The number of aromatic hydroxyl groups is 2. The molecule has 3 N–H and O–H groups in total. The van der Waals surface area contributed by atoms with Gasteiger partial charge in [-0.3, -0.25) is 4.55 Å². The minimum absolute atomic E-state index is 0.0667. The maximum atomic E-state index is 11.7. The average molecular weight is 392 g/mol. The van der Waals surface area contributed by atoms with Crippen molar-refractivity contribution in [2.24, 2.45) is 0 Å². The summed E-state index contributed by atoms with van der Waals surface area (Å²) in [6.07, 6.45) is 1.57. The van der Waals surface area contributed by atoms with E-state index >= 15 is 0 Å². The molecule has 2 aromatic heterocycles. The lowest BCUT2D eigenvalue weighted by atomic mass is 10.5. The Morgan fingerprint density at radius 1 is 1.33 bits per heavy atom. The highest BCUT2D eigenvalue weighted by atomic mass is 33.1. The summed E-state index contributed by atoms with van der Waals surface area (Å²) in [4.78, 5) is 19.5. The number of aromatic nitrogens is 2. The van der Waals surface area contributed by atoms with Crippen LogP contribution in [0.25, 0.3) is 0 Å². The predicted octanol–water partition coefficient (Wildman–Crippen LogP) is 1.33. The Hall–Kier alpha value is -1.89. The summed E-state index contributed by atoms with van der Waals surface area (Å²) in [6.45, 7) is 0. The Bertz CT molecular complexity index is 821. The number of carbonyl (C=O) groups is 1. The molecule has 0 spiro atoms. The summed E-state index contributed by atoms with van der Waals surface area (Å²) in [5.41, 5.74) is 0. The summed E-state index contributed by atoms with van der Waals surface area (Å²) in [5.74, 6) is -2.40. The van der Waals surface area contributed by atoms with Crippen LogP contribution >= 0.6 is 21.6 Å². The molecule has 0 aliphatic heterocycles. The predicted molar refractivity (Wildman–Crippen MR) is 86.3 cm³/mol. The quantitative estimate of drug-likeness (QED) is 0.359. The van der Waals surface area contributed by atoms with Gasteiger partial charge in [0.25, 0.3) is 16.0 Å². The minimum atomic E-state index is -4.76. The first-order valence-electron chi connectivity index (χ1n) is 6.32. The third-order valence-corrected chi connectivity index (χ3v) is 5.65. The monoisotopic (exact) mass is 392 g/mol. The topological polar surface area (TPSA) is 139 Å². The molecule has 9 nitrogen and oxygen atoms in total. The SMILES string of the molecule is O=C(CCSSc1ccccn1)On1c(O)cc(S(=O)(=O)O)c1O. The lowest BCUT2D eigenvalue weighted by Crippen LogP contribution is -2.19. The van der Waals surface area contributed by atoms with Crippen LogP contribution in [-0.4, -0.2) is 44.6 Å². The highest BCUT2D eigenvalue weighted by Gasteiger charge is 2.25. The van der Waals surface area contributed by atoms with Gasteiger partial charge in [-0.2, -0.15) is 8.42 Å². The molecule has 24 heavy (non-hydrogen) atoms. The molecule has 0 aliphatic carbocycles. The van der Waals surface area contributed by atoms with Gasteiger partial charge >= 0.3 is 5.97 Å². The molecule has 0 atom stereocenters. The standard InChI is InChI=1S/C12H12N2O7S3/c15-10-7-8(24(18,19)20)12(17)14(10)21-11(16)4-6-22-23-9-3-1-2-5-13-9/h1-3,5,7,15,17H,4,6H2,(H,18,19,20). The summed E-state index contributed by atoms with van der Waals surface area (Å²) < 4.78 is 31.0. The molecule has 0 amide bonds. The zero-order chi connectivity index (χ0) is 17.7. The number of rotatable bonds is 7. The number of pyridine rings is 1. The van der Waals surface area contributed by atoms with Gasteiger partial charge in [0.2, 0.25) is 5.88 Å². The van der Waals surface area contributed by atoms with E-state index in [1.807, 2.05) is 12.1 Å². The molecule has 0 saturated carbocycles. The number of carbonyl (C=O) groups excluding carboxylic acids is 1. The maximum Gasteiger partial charge on any atom is 0.334 e. The van der Waals surface area contributed by atoms with Crippen LogP contribution in [0.4, 0.5) is 0 Å². The molecule has 130 valence electrons. The first-order chi connectivity index (χ1) is 11.3. The van der Waals surface area contributed by atoms with Crippen LogP contribution in [0.5, 0.6) is 11.8 Å². The number of nitrogens with zero attached hydrogens (tertiary/aromatic N) is 2. The average Bonchev–Trinajstić information content (AvgIpc) is 2.81. The Labute approximate surface area is 144 Å². The zero-order valence-electron chi connectivity index (χ0n) is 11.9. The second-order valence-corrected chi connectivity index (χ2v) is 8.07. The Balaban J connectivity index is 1.88. The van der Waals surface area contributed by atoms with Gasteiger partial charge in [0.15, 0.2) is 4.90 Å². The molecule has 2 aromatic rings. The Morgan fingerprint density at radius 3 is 2.67 bits per heavy atom. The smallest absolute Gasteiger partial charge is 0.334 e. The van der Waals surface area contributed by atoms with Crippen LogP contribution < -0.4 is 4.84 Å². The van der Waals surface area contributed by atoms with E-state index in [0.29, 0.717) is 11.8 Å². The van der Waals surface area contributed by atoms with Gasteiger partial charge in [0.05, 0.1) is 6.42 Å². The number of hydrogen-bond acceptors (Lipinski definition) is 9. The van der Waals surface area contributed by atoms with Crippen LogP contribution in [0.1, 0.15) is 6.42 Å². The molecule has 2 rings (SSSR count). The molecule has 0 fully saturated rings. The molecular weight excluding hydrogens is 380 g/mol. The fourth-order valence-electron chi connectivity index (χ4n) is 1.50. The Morgan fingerprint density at radius 2 is 2.08 bits per heavy atom. The normalized spacial score (nSPS) is 11.4. The maximum absolute atomic E-state index is 11.7. The van der Waals surface area contributed by atoms with Crippen LogP contribution in [0, 0.1) is 0 Å². The van der Waals surface area contributed by atoms with Gasteiger partial charge in [-0.15, -0.1) is 4.73 Å². The van der Waals surface area contributed by atoms with E-state index in [4.69, 9.17) is 4.55 Å². The molecule has 0 unspecified atom stereocenters. The van der Waals surface area contributed by atoms with Crippen LogP contribution in [-0.2, 0) is 14.9 Å². The van der Waals surface area contributed by atoms with Crippen molar-refractivity contribution in [1.29, 1.82) is 0 Å². The van der Waals surface area contributed by atoms with Gasteiger partial charge in [0.1, 0.15) is 5.03 Å². The molecule has 0 bridgehead atoms. The Kier molecular flexibility index (Phi) is 5.99. The van der Waals surface area contributed by atoms with E-state index in [2.05, 4.69) is 9.82 Å². The molecule has 2 heterocycles. The molecule has 0 radical (unpaired) electrons. The summed E-state index contributed by atoms with van der Waals surface area (Å²) in [7, 11) is -2.05. The van der Waals surface area contributed by atoms with Crippen molar-refractivity contribution < 1.29 is 32.8 Å². The van der Waals surface area contributed by atoms with E-state index < -0.39 is 32.7 Å². The fraction of sp³-hybridized carbons (Fsp3) is 0.167. The molecule has 0 aromatic carbocycles. The third kappa shape index (κ3) is 4.80. The van der Waals surface area contributed by atoms with Gasteiger partial charge < -0.3 is 15.1 Å². The van der Waals surface area contributed by atoms with Crippen molar-refractivity contribution in [3.63, 3.8) is 0 Å². The van der Waals surface area contributed by atoms with Gasteiger partial charge in [-0.1, -0.05) is 16.9 Å². The van der Waals surface area contributed by atoms with Crippen LogP contribution in [0.15, 0.2) is 40.4 Å². The largest absolute Gasteiger partial charge is 0.492 e. The highest BCUT2D eigenvalue weighted by Crippen LogP contribution is 2.31. The summed E-state index contributed by atoms with van der Waals surface area (Å²) in [6, 6.07) is 5.98. The molecule has 0 aliphatic rings. The first kappa shape index (κ1) is 18.4. The molecule has 12 heteroatoms. The first-order valence-corrected chi connectivity index (χ1v) is 10.1. The fourth-order valence-corrected chi connectivity index (χ4v) is 3.92. The second-order valence-electron chi connectivity index (χ2n) is 4.25. The van der Waals surface area contributed by atoms with E-state index in [1.54, 1.807) is 12.3 Å². The summed E-state index contributed by atoms with van der Waals surface area (Å²) in [5, 5.41) is 19.8. The van der Waals surface area contributed by atoms with Gasteiger partial charge in [0, 0.05) is 18.0 Å². The van der Waals surface area contributed by atoms with Crippen molar-refractivity contribution >= 4 is 37.7 Å². The second kappa shape index (κ2) is 7.79. The minimum Gasteiger partial charge on any atom is -0.492 e. The lowest BCUT2D eigenvalue weighted by molar-refractivity contribution is -0.144. The third-order valence-electron chi connectivity index (χ3n) is 2.52. The van der Waals surface area contributed by atoms with Crippen molar-refractivity contribution in [3.8, 4) is 11.8 Å².